The number of nitrogens with one attached hydrogen (secondary N) is 4. The number of imidazole rings is 2. The molecule has 4 amide bonds. The third-order valence-electron chi connectivity index (χ3n) is 10.4. The zero-order chi connectivity index (χ0) is 37.8. The molecule has 0 spiro atoms. The monoisotopic (exact) mass is 722 g/mol. The molecular weight excluding hydrogens is 676 g/mol. The van der Waals surface area contributed by atoms with Gasteiger partial charge in [0.15, 0.2) is 0 Å². The van der Waals surface area contributed by atoms with E-state index in [2.05, 4.69) is 54.3 Å². The number of benzene rings is 1. The van der Waals surface area contributed by atoms with Crippen LogP contribution >= 0.6 is 0 Å². The van der Waals surface area contributed by atoms with Crippen LogP contribution in [0.25, 0.3) is 0 Å². The van der Waals surface area contributed by atoms with Crippen LogP contribution in [0.2, 0.25) is 0 Å². The maximum Gasteiger partial charge on any atom is 0.407 e. The molecule has 53 heavy (non-hydrogen) atoms. The van der Waals surface area contributed by atoms with E-state index in [1.54, 1.807) is 12.4 Å². The minimum atomic E-state index is -0.715. The molecule has 3 aromatic rings. The molecule has 0 bridgehead atoms. The second kappa shape index (κ2) is 15.9. The molecule has 1 aromatic carbocycles. The first-order chi connectivity index (χ1) is 25.5. The summed E-state index contributed by atoms with van der Waals surface area (Å²) in [5.41, 5.74) is 2.87. The summed E-state index contributed by atoms with van der Waals surface area (Å²) in [7, 11) is 2.57. The molecule has 3 fully saturated rings. The largest absolute Gasteiger partial charge is 0.453 e. The summed E-state index contributed by atoms with van der Waals surface area (Å²) in [5.74, 6) is 13.5. The number of hydrogen-bond donors (Lipinski definition) is 4. The normalized spacial score (nSPS) is 24.0. The smallest absolute Gasteiger partial charge is 0.407 e. The Kier molecular flexibility index (Phi) is 11.1. The number of aromatic amines is 2. The van der Waals surface area contributed by atoms with Crippen LogP contribution in [0.3, 0.4) is 0 Å². The van der Waals surface area contributed by atoms with Crippen LogP contribution in [-0.2, 0) is 19.1 Å². The molecule has 7 atom stereocenters. The van der Waals surface area contributed by atoms with Crippen LogP contribution in [0.5, 0.6) is 0 Å². The first-order valence-corrected chi connectivity index (χ1v) is 18.0. The van der Waals surface area contributed by atoms with Crippen LogP contribution in [0.15, 0.2) is 36.7 Å². The average molecular weight is 723 g/mol. The summed E-state index contributed by atoms with van der Waals surface area (Å²) in [4.78, 5) is 70.3. The van der Waals surface area contributed by atoms with Crippen molar-refractivity contribution >= 4 is 24.0 Å². The van der Waals surface area contributed by atoms with Gasteiger partial charge in [-0.3, -0.25) is 9.59 Å². The lowest BCUT2D eigenvalue weighted by molar-refractivity contribution is -0.142. The Morgan fingerprint density at radius 3 is 1.96 bits per heavy atom. The van der Waals surface area contributed by atoms with Gasteiger partial charge < -0.3 is 39.9 Å². The van der Waals surface area contributed by atoms with Crippen molar-refractivity contribution in [3.8, 4) is 23.7 Å². The highest BCUT2D eigenvalue weighted by Crippen LogP contribution is 2.42. The number of nitrogens with zero attached hydrogens (tertiary/aromatic N) is 4. The van der Waals surface area contributed by atoms with Gasteiger partial charge in [-0.2, -0.15) is 0 Å². The van der Waals surface area contributed by atoms with Gasteiger partial charge in [0.25, 0.3) is 0 Å². The van der Waals surface area contributed by atoms with Gasteiger partial charge in [-0.1, -0.05) is 32.6 Å². The number of fused-ring (bicyclic) bond motifs is 1. The van der Waals surface area contributed by atoms with E-state index in [4.69, 9.17) is 9.47 Å². The molecule has 0 saturated carbocycles. The molecule has 3 aliphatic rings. The molecule has 6 rings (SSSR count). The molecule has 14 nitrogen and oxygen atoms in total. The number of amides is 4. The number of hydrogen-bond acceptors (Lipinski definition) is 8. The molecule has 3 aliphatic heterocycles. The Labute approximate surface area is 309 Å². The molecule has 5 heterocycles. The van der Waals surface area contributed by atoms with E-state index in [-0.39, 0.29) is 47.8 Å². The predicted octanol–water partition coefficient (Wildman–Crippen LogP) is 4.16. The average Bonchev–Trinajstić information content (AvgIpc) is 3.97. The second-order valence-corrected chi connectivity index (χ2v) is 14.3. The van der Waals surface area contributed by atoms with E-state index < -0.39 is 24.3 Å². The summed E-state index contributed by atoms with van der Waals surface area (Å²) in [6.45, 7) is 7.76. The molecule has 1 unspecified atom stereocenters. The minimum absolute atomic E-state index is 0.00817. The van der Waals surface area contributed by atoms with Crippen molar-refractivity contribution in [1.29, 1.82) is 0 Å². The van der Waals surface area contributed by atoms with E-state index in [0.29, 0.717) is 23.0 Å². The van der Waals surface area contributed by atoms with Gasteiger partial charge in [0.1, 0.15) is 35.1 Å². The van der Waals surface area contributed by atoms with Crippen molar-refractivity contribution in [2.45, 2.75) is 96.1 Å². The number of carbonyl (C=O) groups excluding carboxylic acids is 4. The van der Waals surface area contributed by atoms with Gasteiger partial charge in [-0.05, 0) is 87.0 Å². The third kappa shape index (κ3) is 8.02. The van der Waals surface area contributed by atoms with Crippen molar-refractivity contribution in [2.24, 2.45) is 11.8 Å². The fourth-order valence-corrected chi connectivity index (χ4v) is 7.61. The molecule has 3 saturated heterocycles. The molecule has 14 heteroatoms. The Morgan fingerprint density at radius 2 is 1.40 bits per heavy atom. The van der Waals surface area contributed by atoms with E-state index in [0.717, 1.165) is 43.2 Å². The number of likely N-dealkylation sites (tertiary alicyclic amines) is 1. The molecule has 0 aliphatic carbocycles. The predicted molar refractivity (Wildman–Crippen MR) is 194 cm³/mol. The number of ether oxygens (including phenoxy) is 2. The number of piperidine rings is 1. The standard InChI is InChI=1S/C39H46N8O6/c1-22(2)32(44-38(50)52-5)36(48)46-24(4)7-17-30(46)34-40-20-27(42-34)14-12-25-8-10-26(11-9-25)13-15-28-21-41-35(43-28)31-18-16-29-19-23(3)33(37(49)47(29)31)45-39(51)53-6/h8-11,20-24,29-33H,7,16-19H2,1-6H3,(H,40,42)(H,41,43)(H,44,50)(H,45,51)/t23?,24-,29+,30-,31-,32-,33-/m0/s1. The summed E-state index contributed by atoms with van der Waals surface area (Å²) in [6.07, 6.45) is 6.11. The molecule has 2 aromatic heterocycles. The molecular formula is C39H46N8O6. The highest BCUT2D eigenvalue weighted by molar-refractivity contribution is 5.88. The fourth-order valence-electron chi connectivity index (χ4n) is 7.61. The van der Waals surface area contributed by atoms with Gasteiger partial charge in [-0.15, -0.1) is 0 Å². The first-order valence-electron chi connectivity index (χ1n) is 18.0. The number of alkyl carbamates (subject to hydrolysis) is 2. The van der Waals surface area contributed by atoms with Crippen LogP contribution in [0, 0.1) is 35.5 Å². The lowest BCUT2D eigenvalue weighted by atomic mass is 9.88. The Balaban J connectivity index is 1.08. The van der Waals surface area contributed by atoms with Crippen LogP contribution in [0.4, 0.5) is 9.59 Å². The Hall–Kier alpha value is -5.76. The van der Waals surface area contributed by atoms with Crippen molar-refractivity contribution < 1.29 is 28.7 Å². The van der Waals surface area contributed by atoms with Crippen molar-refractivity contribution in [3.05, 3.63) is 70.8 Å². The molecule has 0 radical (unpaired) electrons. The summed E-state index contributed by atoms with van der Waals surface area (Å²) >= 11 is 0. The van der Waals surface area contributed by atoms with E-state index in [1.807, 2.05) is 61.8 Å². The fraction of sp³-hybridized carbons (Fsp3) is 0.487. The minimum Gasteiger partial charge on any atom is -0.453 e. The number of aromatic nitrogens is 4. The maximum absolute atomic E-state index is 13.6. The first kappa shape index (κ1) is 37.0. The lowest BCUT2D eigenvalue weighted by Gasteiger charge is -2.41. The number of H-pyrrole nitrogens is 2. The van der Waals surface area contributed by atoms with Crippen LogP contribution < -0.4 is 10.6 Å². The van der Waals surface area contributed by atoms with E-state index in [1.165, 1.54) is 14.2 Å². The van der Waals surface area contributed by atoms with E-state index >= 15 is 0 Å². The van der Waals surface area contributed by atoms with Gasteiger partial charge in [0, 0.05) is 23.2 Å². The quantitative estimate of drug-likeness (QED) is 0.275. The zero-order valence-electron chi connectivity index (χ0n) is 30.9. The Bertz CT molecular complexity index is 1960. The van der Waals surface area contributed by atoms with Crippen LogP contribution in [-0.4, -0.2) is 92.1 Å². The lowest BCUT2D eigenvalue weighted by Crippen LogP contribution is -2.58. The summed E-state index contributed by atoms with van der Waals surface area (Å²) in [6, 6.07) is 5.85. The highest BCUT2D eigenvalue weighted by Gasteiger charge is 2.48. The van der Waals surface area contributed by atoms with Gasteiger partial charge in [0.2, 0.25) is 11.8 Å². The summed E-state index contributed by atoms with van der Waals surface area (Å²) < 4.78 is 9.49. The Morgan fingerprint density at radius 1 is 0.830 bits per heavy atom. The van der Waals surface area contributed by atoms with Gasteiger partial charge in [0.05, 0.1) is 38.7 Å². The topological polar surface area (TPSA) is 175 Å². The van der Waals surface area contributed by atoms with Crippen molar-refractivity contribution in [2.75, 3.05) is 14.2 Å². The molecule has 278 valence electrons. The number of carbonyl (C=O) groups is 4. The second-order valence-electron chi connectivity index (χ2n) is 14.3. The SMILES string of the molecule is COC(=O)N[C@H](C(=O)N1[C@@H](C)CC[C@H]1c1ncc(C#Cc2ccc(C#Cc3cnc([C@@H]4CC[C@@H]5CC(C)[C@H](NC(=O)OC)C(=O)N54)[nH]3)cc2)[nH]1)C(C)C. The van der Waals surface area contributed by atoms with Gasteiger partial charge >= 0.3 is 12.2 Å². The van der Waals surface area contributed by atoms with Crippen LogP contribution in [0.1, 0.15) is 106 Å². The highest BCUT2D eigenvalue weighted by atomic mass is 16.5. The van der Waals surface area contributed by atoms with Crippen molar-refractivity contribution in [3.63, 3.8) is 0 Å². The number of rotatable bonds is 6. The van der Waals surface area contributed by atoms with E-state index in [9.17, 15) is 19.2 Å². The molecule has 4 N–H and O–H groups in total. The maximum atomic E-state index is 13.6. The zero-order valence-corrected chi connectivity index (χ0v) is 30.9. The number of methoxy groups -OCH3 is 2. The van der Waals surface area contributed by atoms with Gasteiger partial charge in [-0.25, -0.2) is 19.6 Å². The summed E-state index contributed by atoms with van der Waals surface area (Å²) in [5, 5.41) is 5.39. The van der Waals surface area contributed by atoms with Crippen molar-refractivity contribution in [1.82, 2.24) is 40.4 Å². The third-order valence-corrected chi connectivity index (χ3v) is 10.4.